The van der Waals surface area contributed by atoms with Crippen molar-refractivity contribution in [3.63, 3.8) is 0 Å². The predicted octanol–water partition coefficient (Wildman–Crippen LogP) is 2.21. The first-order valence-electron chi connectivity index (χ1n) is 7.50. The van der Waals surface area contributed by atoms with Crippen LogP contribution in [-0.2, 0) is 0 Å². The molecule has 1 aliphatic heterocycles. The number of piperidine rings is 1. The molecule has 5 nitrogen and oxygen atoms in total. The molecule has 0 saturated carbocycles. The van der Waals surface area contributed by atoms with Gasteiger partial charge in [0.25, 0.3) is 5.91 Å². The second-order valence-electron chi connectivity index (χ2n) is 5.67. The van der Waals surface area contributed by atoms with Gasteiger partial charge in [-0.1, -0.05) is 0 Å². The molecule has 112 valence electrons. The topological polar surface area (TPSA) is 51.0 Å². The van der Waals surface area contributed by atoms with Gasteiger partial charge < -0.3 is 9.88 Å². The van der Waals surface area contributed by atoms with Gasteiger partial charge >= 0.3 is 0 Å². The number of aromatic nitrogens is 2. The second kappa shape index (κ2) is 5.77. The van der Waals surface area contributed by atoms with Crippen LogP contribution in [0, 0.1) is 13.8 Å². The molecule has 3 heterocycles. The third kappa shape index (κ3) is 2.74. The highest BCUT2D eigenvalue weighted by Gasteiger charge is 2.20. The molecule has 1 saturated heterocycles. The maximum absolute atomic E-state index is 12.6. The van der Waals surface area contributed by atoms with E-state index in [9.17, 15) is 4.79 Å². The molecule has 0 unspecified atom stereocenters. The Kier molecular flexibility index (Phi) is 3.84. The minimum Gasteiger partial charge on any atom is -0.340 e. The van der Waals surface area contributed by atoms with Crippen molar-refractivity contribution in [1.29, 1.82) is 0 Å². The Balaban J connectivity index is 1.81. The van der Waals surface area contributed by atoms with Crippen LogP contribution in [-0.4, -0.2) is 28.2 Å². The van der Waals surface area contributed by atoms with E-state index in [4.69, 9.17) is 0 Å². The summed E-state index contributed by atoms with van der Waals surface area (Å²) in [6.07, 6.45) is 4.15. The maximum Gasteiger partial charge on any atom is 0.286 e. The van der Waals surface area contributed by atoms with Gasteiger partial charge in [0, 0.05) is 23.6 Å². The summed E-state index contributed by atoms with van der Waals surface area (Å²) in [4.78, 5) is 12.6. The highest BCUT2D eigenvalue weighted by Crippen LogP contribution is 2.21. The summed E-state index contributed by atoms with van der Waals surface area (Å²) in [6.45, 7) is 6.00. The van der Waals surface area contributed by atoms with Crippen molar-refractivity contribution in [2.24, 2.45) is 0 Å². The number of hydrogen-bond acceptors (Lipinski definition) is 2. The largest absolute Gasteiger partial charge is 0.340 e. The van der Waals surface area contributed by atoms with E-state index in [-0.39, 0.29) is 5.91 Å². The normalized spacial score (nSPS) is 16.1. The predicted molar refractivity (Wildman–Crippen MR) is 83.2 cm³/mol. The number of aryl methyl sites for hydroxylation is 2. The molecule has 0 bridgehead atoms. The van der Waals surface area contributed by atoms with E-state index in [0.717, 1.165) is 43.0 Å². The number of amides is 1. The molecule has 2 N–H and O–H groups in total. The highest BCUT2D eigenvalue weighted by atomic mass is 16.2. The summed E-state index contributed by atoms with van der Waals surface area (Å²) in [6, 6.07) is 8.26. The van der Waals surface area contributed by atoms with Crippen LogP contribution >= 0.6 is 0 Å². The first kappa shape index (κ1) is 13.9. The molecule has 0 spiro atoms. The van der Waals surface area contributed by atoms with E-state index in [0.29, 0.717) is 6.04 Å². The lowest BCUT2D eigenvalue weighted by molar-refractivity contribution is 0.0994. The zero-order valence-corrected chi connectivity index (χ0v) is 12.6. The SMILES string of the molecule is Cc1ccc(C)n1NC(=O)c1cccn1C1CCNCC1. The molecule has 0 aliphatic carbocycles. The van der Waals surface area contributed by atoms with Crippen molar-refractivity contribution in [3.8, 4) is 0 Å². The second-order valence-corrected chi connectivity index (χ2v) is 5.67. The van der Waals surface area contributed by atoms with E-state index in [1.807, 2.05) is 49.0 Å². The van der Waals surface area contributed by atoms with Crippen LogP contribution in [0.5, 0.6) is 0 Å². The molecule has 1 amide bonds. The van der Waals surface area contributed by atoms with E-state index in [1.54, 1.807) is 0 Å². The Morgan fingerprint density at radius 1 is 1.19 bits per heavy atom. The molecule has 2 aromatic rings. The van der Waals surface area contributed by atoms with Crippen molar-refractivity contribution >= 4 is 5.91 Å². The number of hydrogen-bond donors (Lipinski definition) is 2. The van der Waals surface area contributed by atoms with Crippen molar-refractivity contribution in [3.05, 3.63) is 47.5 Å². The number of nitrogens with zero attached hydrogens (tertiary/aromatic N) is 2. The fourth-order valence-electron chi connectivity index (χ4n) is 2.99. The molecular weight excluding hydrogens is 264 g/mol. The van der Waals surface area contributed by atoms with Crippen molar-refractivity contribution < 1.29 is 4.79 Å². The average Bonchev–Trinajstić information content (AvgIpc) is 3.10. The summed E-state index contributed by atoms with van der Waals surface area (Å²) in [7, 11) is 0. The van der Waals surface area contributed by atoms with Gasteiger partial charge in [0.2, 0.25) is 0 Å². The quantitative estimate of drug-likeness (QED) is 0.909. The molecule has 5 heteroatoms. The minimum atomic E-state index is -0.0547. The Labute approximate surface area is 124 Å². The van der Waals surface area contributed by atoms with E-state index in [2.05, 4.69) is 15.3 Å². The Morgan fingerprint density at radius 3 is 2.52 bits per heavy atom. The van der Waals surface area contributed by atoms with Crippen LogP contribution in [0.2, 0.25) is 0 Å². The molecule has 0 aromatic carbocycles. The number of rotatable bonds is 3. The van der Waals surface area contributed by atoms with E-state index < -0.39 is 0 Å². The summed E-state index contributed by atoms with van der Waals surface area (Å²) in [5.74, 6) is -0.0547. The number of carbonyl (C=O) groups excluding carboxylic acids is 1. The number of nitrogens with one attached hydrogen (secondary N) is 2. The summed E-state index contributed by atoms with van der Waals surface area (Å²) >= 11 is 0. The minimum absolute atomic E-state index is 0.0547. The van der Waals surface area contributed by atoms with Gasteiger partial charge in [-0.2, -0.15) is 0 Å². The molecule has 0 radical (unpaired) electrons. The lowest BCUT2D eigenvalue weighted by atomic mass is 10.1. The Bertz CT molecular complexity index is 615. The number of carbonyl (C=O) groups is 1. The zero-order valence-electron chi connectivity index (χ0n) is 12.6. The van der Waals surface area contributed by atoms with Crippen LogP contribution < -0.4 is 10.7 Å². The van der Waals surface area contributed by atoms with E-state index >= 15 is 0 Å². The standard InChI is InChI=1S/C16H22N4O/c1-12-5-6-13(2)20(12)18-16(21)15-4-3-11-19(15)14-7-9-17-10-8-14/h3-6,11,14,17H,7-10H2,1-2H3,(H,18,21). The molecule has 3 rings (SSSR count). The maximum atomic E-state index is 12.6. The summed E-state index contributed by atoms with van der Waals surface area (Å²) in [5, 5.41) is 3.36. The molecule has 21 heavy (non-hydrogen) atoms. The van der Waals surface area contributed by atoms with Gasteiger partial charge in [-0.15, -0.1) is 0 Å². The highest BCUT2D eigenvalue weighted by molar-refractivity contribution is 5.98. The molecular formula is C16H22N4O. The molecule has 2 aromatic heterocycles. The Hall–Kier alpha value is -2.01. The van der Waals surface area contributed by atoms with Gasteiger partial charge in [0.05, 0.1) is 0 Å². The lowest BCUT2D eigenvalue weighted by Crippen LogP contribution is -2.32. The van der Waals surface area contributed by atoms with Crippen LogP contribution in [0.15, 0.2) is 30.5 Å². The molecule has 0 atom stereocenters. The van der Waals surface area contributed by atoms with Crippen molar-refractivity contribution in [1.82, 2.24) is 14.6 Å². The van der Waals surface area contributed by atoms with Crippen LogP contribution in [0.25, 0.3) is 0 Å². The summed E-state index contributed by atoms with van der Waals surface area (Å²) in [5.41, 5.74) is 5.77. The van der Waals surface area contributed by atoms with Gasteiger partial charge in [0.15, 0.2) is 0 Å². The first-order valence-corrected chi connectivity index (χ1v) is 7.50. The molecule has 1 fully saturated rings. The lowest BCUT2D eigenvalue weighted by Gasteiger charge is -2.26. The van der Waals surface area contributed by atoms with Crippen LogP contribution in [0.4, 0.5) is 0 Å². The van der Waals surface area contributed by atoms with Crippen molar-refractivity contribution in [2.75, 3.05) is 18.5 Å². The summed E-state index contributed by atoms with van der Waals surface area (Å²) < 4.78 is 3.95. The third-order valence-corrected chi connectivity index (χ3v) is 4.20. The Morgan fingerprint density at radius 2 is 1.86 bits per heavy atom. The smallest absolute Gasteiger partial charge is 0.286 e. The van der Waals surface area contributed by atoms with Gasteiger partial charge in [-0.05, 0) is 64.0 Å². The first-order chi connectivity index (χ1) is 10.2. The van der Waals surface area contributed by atoms with Crippen LogP contribution in [0.1, 0.15) is 40.8 Å². The zero-order chi connectivity index (χ0) is 14.8. The van der Waals surface area contributed by atoms with Gasteiger partial charge in [-0.3, -0.25) is 14.9 Å². The van der Waals surface area contributed by atoms with E-state index in [1.165, 1.54) is 0 Å². The average molecular weight is 286 g/mol. The van der Waals surface area contributed by atoms with Gasteiger partial charge in [-0.25, -0.2) is 0 Å². The molecule has 1 aliphatic rings. The van der Waals surface area contributed by atoms with Crippen LogP contribution in [0.3, 0.4) is 0 Å². The fourth-order valence-corrected chi connectivity index (χ4v) is 2.99. The third-order valence-electron chi connectivity index (χ3n) is 4.20. The fraction of sp³-hybridized carbons (Fsp3) is 0.438. The van der Waals surface area contributed by atoms with Gasteiger partial charge in [0.1, 0.15) is 5.69 Å². The van der Waals surface area contributed by atoms with Crippen molar-refractivity contribution in [2.45, 2.75) is 32.7 Å². The monoisotopic (exact) mass is 286 g/mol.